The molecule has 1 heterocycles. The lowest BCUT2D eigenvalue weighted by atomic mass is 9.93. The summed E-state index contributed by atoms with van der Waals surface area (Å²) >= 11 is 0. The number of carbonyl (C=O) groups excluding carboxylic acids is 1. The van der Waals surface area contributed by atoms with E-state index in [1.165, 1.54) is 11.1 Å². The van der Waals surface area contributed by atoms with Crippen LogP contribution in [0.25, 0.3) is 0 Å². The summed E-state index contributed by atoms with van der Waals surface area (Å²) in [5.41, 5.74) is 9.70. The van der Waals surface area contributed by atoms with Crippen molar-refractivity contribution in [3.63, 3.8) is 0 Å². The van der Waals surface area contributed by atoms with Crippen molar-refractivity contribution < 1.29 is 9.53 Å². The van der Waals surface area contributed by atoms with Gasteiger partial charge in [-0.2, -0.15) is 0 Å². The summed E-state index contributed by atoms with van der Waals surface area (Å²) in [6.45, 7) is 5.21. The predicted octanol–water partition coefficient (Wildman–Crippen LogP) is 2.14. The van der Waals surface area contributed by atoms with Crippen molar-refractivity contribution in [2.45, 2.75) is 39.2 Å². The van der Waals surface area contributed by atoms with Crippen LogP contribution < -0.4 is 10.6 Å². The molecule has 1 aliphatic heterocycles. The molecule has 4 heteroatoms. The third kappa shape index (κ3) is 3.83. The Bertz CT molecular complexity index is 500. The molecule has 0 aliphatic carbocycles. The number of hydrogen-bond donors (Lipinski definition) is 1. The van der Waals surface area contributed by atoms with Crippen LogP contribution >= 0.6 is 0 Å². The fraction of sp³-hybridized carbons (Fsp3) is 0.588. The third-order valence-corrected chi connectivity index (χ3v) is 4.16. The van der Waals surface area contributed by atoms with Gasteiger partial charge in [-0.25, -0.2) is 0 Å². The molecule has 2 N–H and O–H groups in total. The van der Waals surface area contributed by atoms with Crippen molar-refractivity contribution in [3.8, 4) is 0 Å². The molecule has 0 saturated heterocycles. The topological polar surface area (TPSA) is 55.6 Å². The number of carbonyl (C=O) groups is 1. The van der Waals surface area contributed by atoms with E-state index >= 15 is 0 Å². The Hall–Kier alpha value is -1.39. The molecule has 0 fully saturated rings. The molecule has 0 aromatic heterocycles. The summed E-state index contributed by atoms with van der Waals surface area (Å²) in [6, 6.07) is 6.55. The maximum absolute atomic E-state index is 12.1. The quantitative estimate of drug-likeness (QED) is 0.904. The SMILES string of the molecule is COCC(=O)N1CCCc2cc(CC(N)C(C)C)ccc21. The van der Waals surface area contributed by atoms with E-state index in [1.54, 1.807) is 7.11 Å². The number of rotatable bonds is 5. The van der Waals surface area contributed by atoms with Gasteiger partial charge in [0.15, 0.2) is 0 Å². The summed E-state index contributed by atoms with van der Waals surface area (Å²) in [6.07, 6.45) is 2.91. The van der Waals surface area contributed by atoms with Crippen LogP contribution in [-0.4, -0.2) is 32.2 Å². The number of benzene rings is 1. The average molecular weight is 290 g/mol. The van der Waals surface area contributed by atoms with Crippen LogP contribution in [0.4, 0.5) is 5.69 Å². The first-order chi connectivity index (χ1) is 10.0. The Balaban J connectivity index is 2.18. The summed E-state index contributed by atoms with van der Waals surface area (Å²) in [5.74, 6) is 0.505. The van der Waals surface area contributed by atoms with Crippen LogP contribution in [0.1, 0.15) is 31.4 Å². The molecular formula is C17H26N2O2. The van der Waals surface area contributed by atoms with Gasteiger partial charge >= 0.3 is 0 Å². The molecule has 0 saturated carbocycles. The summed E-state index contributed by atoms with van der Waals surface area (Å²) in [7, 11) is 1.55. The van der Waals surface area contributed by atoms with Gasteiger partial charge in [0.25, 0.3) is 5.91 Å². The van der Waals surface area contributed by atoms with E-state index in [4.69, 9.17) is 10.5 Å². The Morgan fingerprint density at radius 3 is 2.86 bits per heavy atom. The number of ether oxygens (including phenoxy) is 1. The lowest BCUT2D eigenvalue weighted by Gasteiger charge is -2.30. The Kier molecular flexibility index (Phi) is 5.37. The van der Waals surface area contributed by atoms with Gasteiger partial charge in [-0.1, -0.05) is 26.0 Å². The van der Waals surface area contributed by atoms with Crippen LogP contribution in [0, 0.1) is 5.92 Å². The standard InChI is InChI=1S/C17H26N2O2/c1-12(2)15(18)10-13-6-7-16-14(9-13)5-4-8-19(16)17(20)11-21-3/h6-7,9,12,15H,4-5,8,10-11,18H2,1-3H3. The summed E-state index contributed by atoms with van der Waals surface area (Å²) in [5, 5.41) is 0. The first kappa shape index (κ1) is 16.0. The highest BCUT2D eigenvalue weighted by Crippen LogP contribution is 2.28. The number of amides is 1. The van der Waals surface area contributed by atoms with Crippen LogP contribution in [0.2, 0.25) is 0 Å². The number of fused-ring (bicyclic) bond motifs is 1. The molecule has 1 amide bonds. The molecule has 1 atom stereocenters. The number of aryl methyl sites for hydroxylation is 1. The number of nitrogens with two attached hydrogens (primary N) is 1. The maximum Gasteiger partial charge on any atom is 0.252 e. The maximum atomic E-state index is 12.1. The van der Waals surface area contributed by atoms with Gasteiger partial charge in [-0.05, 0) is 42.4 Å². The third-order valence-electron chi connectivity index (χ3n) is 4.16. The average Bonchev–Trinajstić information content (AvgIpc) is 2.46. The van der Waals surface area contributed by atoms with Crippen molar-refractivity contribution in [1.82, 2.24) is 0 Å². The fourth-order valence-corrected chi connectivity index (χ4v) is 2.75. The highest BCUT2D eigenvalue weighted by molar-refractivity contribution is 5.95. The van der Waals surface area contributed by atoms with Crippen LogP contribution in [0.5, 0.6) is 0 Å². The zero-order valence-corrected chi connectivity index (χ0v) is 13.3. The molecule has 0 radical (unpaired) electrons. The van der Waals surface area contributed by atoms with Crippen molar-refractivity contribution in [2.75, 3.05) is 25.2 Å². The van der Waals surface area contributed by atoms with E-state index in [0.29, 0.717) is 5.92 Å². The Labute approximate surface area is 127 Å². The predicted molar refractivity (Wildman–Crippen MR) is 85.5 cm³/mol. The lowest BCUT2D eigenvalue weighted by molar-refractivity contribution is -0.122. The monoisotopic (exact) mass is 290 g/mol. The fourth-order valence-electron chi connectivity index (χ4n) is 2.75. The minimum atomic E-state index is 0.0325. The zero-order chi connectivity index (χ0) is 15.4. The first-order valence-electron chi connectivity index (χ1n) is 7.69. The smallest absolute Gasteiger partial charge is 0.252 e. The van der Waals surface area contributed by atoms with Crippen LogP contribution in [-0.2, 0) is 22.4 Å². The first-order valence-corrected chi connectivity index (χ1v) is 7.69. The number of nitrogens with zero attached hydrogens (tertiary/aromatic N) is 1. The highest BCUT2D eigenvalue weighted by atomic mass is 16.5. The normalized spacial score (nSPS) is 16.0. The zero-order valence-electron chi connectivity index (χ0n) is 13.3. The van der Waals surface area contributed by atoms with E-state index < -0.39 is 0 Å². The van der Waals surface area contributed by atoms with Crippen molar-refractivity contribution in [2.24, 2.45) is 11.7 Å². The van der Waals surface area contributed by atoms with E-state index in [0.717, 1.165) is 31.5 Å². The molecular weight excluding hydrogens is 264 g/mol. The van der Waals surface area contributed by atoms with Gasteiger partial charge in [0.1, 0.15) is 6.61 Å². The second-order valence-corrected chi connectivity index (χ2v) is 6.16. The number of hydrogen-bond acceptors (Lipinski definition) is 3. The minimum absolute atomic E-state index is 0.0325. The lowest BCUT2D eigenvalue weighted by Crippen LogP contribution is -2.37. The molecule has 4 nitrogen and oxygen atoms in total. The van der Waals surface area contributed by atoms with Gasteiger partial charge in [0.05, 0.1) is 0 Å². The summed E-state index contributed by atoms with van der Waals surface area (Å²) in [4.78, 5) is 13.9. The molecule has 1 unspecified atom stereocenters. The number of anilines is 1. The molecule has 21 heavy (non-hydrogen) atoms. The van der Waals surface area contributed by atoms with E-state index in [9.17, 15) is 4.79 Å². The molecule has 1 aromatic carbocycles. The Morgan fingerprint density at radius 1 is 1.43 bits per heavy atom. The molecule has 1 aliphatic rings. The van der Waals surface area contributed by atoms with Gasteiger partial charge in [0.2, 0.25) is 0 Å². The largest absolute Gasteiger partial charge is 0.375 e. The molecule has 116 valence electrons. The van der Waals surface area contributed by atoms with Crippen molar-refractivity contribution >= 4 is 11.6 Å². The second-order valence-electron chi connectivity index (χ2n) is 6.16. The van der Waals surface area contributed by atoms with Crippen LogP contribution in [0.3, 0.4) is 0 Å². The number of methoxy groups -OCH3 is 1. The van der Waals surface area contributed by atoms with Gasteiger partial charge < -0.3 is 15.4 Å². The van der Waals surface area contributed by atoms with Gasteiger partial charge in [-0.15, -0.1) is 0 Å². The van der Waals surface area contributed by atoms with Crippen molar-refractivity contribution in [1.29, 1.82) is 0 Å². The minimum Gasteiger partial charge on any atom is -0.375 e. The molecule has 0 spiro atoms. The second kappa shape index (κ2) is 7.05. The van der Waals surface area contributed by atoms with Gasteiger partial charge in [0, 0.05) is 25.4 Å². The van der Waals surface area contributed by atoms with E-state index in [1.807, 2.05) is 4.90 Å². The van der Waals surface area contributed by atoms with E-state index in [2.05, 4.69) is 32.0 Å². The van der Waals surface area contributed by atoms with Crippen molar-refractivity contribution in [3.05, 3.63) is 29.3 Å². The van der Waals surface area contributed by atoms with Crippen LogP contribution in [0.15, 0.2) is 18.2 Å². The highest BCUT2D eigenvalue weighted by Gasteiger charge is 2.22. The van der Waals surface area contributed by atoms with E-state index in [-0.39, 0.29) is 18.6 Å². The summed E-state index contributed by atoms with van der Waals surface area (Å²) < 4.78 is 4.97. The Morgan fingerprint density at radius 2 is 2.19 bits per heavy atom. The van der Waals surface area contributed by atoms with Gasteiger partial charge in [-0.3, -0.25) is 4.79 Å². The molecule has 0 bridgehead atoms. The molecule has 1 aromatic rings. The molecule has 2 rings (SSSR count).